The van der Waals surface area contributed by atoms with Crippen molar-refractivity contribution in [1.29, 1.82) is 0 Å². The van der Waals surface area contributed by atoms with Crippen molar-refractivity contribution in [3.8, 4) is 11.4 Å². The van der Waals surface area contributed by atoms with Crippen molar-refractivity contribution in [2.24, 2.45) is 0 Å². The molecule has 0 aliphatic rings. The zero-order valence-corrected chi connectivity index (χ0v) is 21.7. The molecule has 0 aliphatic carbocycles. The number of hydrogen-bond donors (Lipinski definition) is 3. The number of para-hydroxylation sites is 1. The topological polar surface area (TPSA) is 86.9 Å². The normalized spacial score (nSPS) is 10.9. The molecule has 5 rings (SSSR count). The van der Waals surface area contributed by atoms with Gasteiger partial charge in [-0.25, -0.2) is 4.98 Å². The Hall–Kier alpha value is -3.84. The number of H-pyrrole nitrogens is 1. The number of carbonyl (C=O) groups is 2. The van der Waals surface area contributed by atoms with E-state index in [-0.39, 0.29) is 11.8 Å². The molecule has 1 heterocycles. The third kappa shape index (κ3) is 5.32. The number of aromatic nitrogens is 2. The van der Waals surface area contributed by atoms with Crippen LogP contribution in [0.3, 0.4) is 0 Å². The summed E-state index contributed by atoms with van der Waals surface area (Å²) in [6.07, 6.45) is 0. The van der Waals surface area contributed by atoms with Crippen LogP contribution in [0.15, 0.2) is 78.9 Å². The maximum absolute atomic E-state index is 12.8. The van der Waals surface area contributed by atoms with E-state index in [2.05, 4.69) is 15.6 Å². The van der Waals surface area contributed by atoms with E-state index in [9.17, 15) is 9.59 Å². The Morgan fingerprint density at radius 1 is 0.757 bits per heavy atom. The van der Waals surface area contributed by atoms with Gasteiger partial charge >= 0.3 is 0 Å². The molecule has 4 aromatic carbocycles. The standard InChI is InChI=1S/C28H19Cl3N4O2/c1-15-8-9-17(13-21(15)30)27(36)32-19-5-2-4-16(12-19)26-33-23-6-3-7-24(25(23)35-26)34-28(37)18-10-11-20(29)22(31)14-18/h2-14H,1H3,(H,32,36)(H,33,35)(H,34,37). The minimum atomic E-state index is -0.337. The predicted octanol–water partition coefficient (Wildman–Crippen LogP) is 8.00. The monoisotopic (exact) mass is 548 g/mol. The Kier molecular flexibility index (Phi) is 6.89. The summed E-state index contributed by atoms with van der Waals surface area (Å²) in [5.74, 6) is -0.0202. The van der Waals surface area contributed by atoms with E-state index in [0.29, 0.717) is 48.9 Å². The highest BCUT2D eigenvalue weighted by Crippen LogP contribution is 2.29. The van der Waals surface area contributed by atoms with Gasteiger partial charge in [-0.15, -0.1) is 0 Å². The fraction of sp³-hybridized carbons (Fsp3) is 0.0357. The van der Waals surface area contributed by atoms with Gasteiger partial charge in [-0.2, -0.15) is 0 Å². The van der Waals surface area contributed by atoms with Crippen molar-refractivity contribution < 1.29 is 9.59 Å². The van der Waals surface area contributed by atoms with Crippen LogP contribution in [-0.4, -0.2) is 21.8 Å². The number of rotatable bonds is 5. The van der Waals surface area contributed by atoms with Gasteiger partial charge < -0.3 is 15.6 Å². The first-order valence-corrected chi connectivity index (χ1v) is 12.3. The first-order valence-electron chi connectivity index (χ1n) is 11.2. The van der Waals surface area contributed by atoms with Crippen LogP contribution in [0.5, 0.6) is 0 Å². The third-order valence-corrected chi connectivity index (χ3v) is 6.92. The Morgan fingerprint density at radius 3 is 2.22 bits per heavy atom. The molecule has 0 spiro atoms. The number of hydrogen-bond acceptors (Lipinski definition) is 3. The number of fused-ring (bicyclic) bond motifs is 1. The smallest absolute Gasteiger partial charge is 0.255 e. The lowest BCUT2D eigenvalue weighted by Crippen LogP contribution is -2.12. The van der Waals surface area contributed by atoms with Gasteiger partial charge in [0.2, 0.25) is 0 Å². The lowest BCUT2D eigenvalue weighted by atomic mass is 10.1. The SMILES string of the molecule is Cc1ccc(C(=O)Nc2cccc(-c3nc4c(NC(=O)c5ccc(Cl)c(Cl)c5)cccc4[nH]3)c2)cc1Cl. The van der Waals surface area contributed by atoms with Crippen molar-refractivity contribution >= 4 is 69.0 Å². The summed E-state index contributed by atoms with van der Waals surface area (Å²) >= 11 is 18.2. The maximum Gasteiger partial charge on any atom is 0.255 e. The van der Waals surface area contributed by atoms with Crippen molar-refractivity contribution in [1.82, 2.24) is 9.97 Å². The van der Waals surface area contributed by atoms with Crippen LogP contribution in [0.1, 0.15) is 26.3 Å². The molecule has 0 radical (unpaired) electrons. The lowest BCUT2D eigenvalue weighted by molar-refractivity contribution is 0.101. The highest BCUT2D eigenvalue weighted by Gasteiger charge is 2.14. The van der Waals surface area contributed by atoms with Gasteiger partial charge in [0.25, 0.3) is 11.8 Å². The molecule has 5 aromatic rings. The molecule has 9 heteroatoms. The van der Waals surface area contributed by atoms with Gasteiger partial charge in [-0.3, -0.25) is 9.59 Å². The second kappa shape index (κ2) is 10.3. The number of nitrogens with one attached hydrogen (secondary N) is 3. The number of nitrogens with zero attached hydrogens (tertiary/aromatic N) is 1. The highest BCUT2D eigenvalue weighted by atomic mass is 35.5. The van der Waals surface area contributed by atoms with E-state index < -0.39 is 0 Å². The molecule has 6 nitrogen and oxygen atoms in total. The van der Waals surface area contributed by atoms with Gasteiger partial charge in [0.05, 0.1) is 21.2 Å². The summed E-state index contributed by atoms with van der Waals surface area (Å²) in [5, 5.41) is 6.99. The van der Waals surface area contributed by atoms with E-state index in [1.807, 2.05) is 37.3 Å². The number of amides is 2. The van der Waals surface area contributed by atoms with Crippen LogP contribution in [0.25, 0.3) is 22.4 Å². The average molecular weight is 550 g/mol. The van der Waals surface area contributed by atoms with Crippen LogP contribution >= 0.6 is 34.8 Å². The number of imidazole rings is 1. The molecule has 0 saturated carbocycles. The van der Waals surface area contributed by atoms with Crippen molar-refractivity contribution in [2.45, 2.75) is 6.92 Å². The van der Waals surface area contributed by atoms with Crippen LogP contribution in [-0.2, 0) is 0 Å². The number of aromatic amines is 1. The number of aryl methyl sites for hydroxylation is 1. The largest absolute Gasteiger partial charge is 0.338 e. The minimum Gasteiger partial charge on any atom is -0.338 e. The summed E-state index contributed by atoms with van der Waals surface area (Å²) in [6.45, 7) is 1.88. The van der Waals surface area contributed by atoms with E-state index in [1.165, 1.54) is 6.07 Å². The van der Waals surface area contributed by atoms with Crippen molar-refractivity contribution in [2.75, 3.05) is 10.6 Å². The summed E-state index contributed by atoms with van der Waals surface area (Å²) in [5.41, 5.74) is 4.98. The number of anilines is 2. The van der Waals surface area contributed by atoms with Gasteiger partial charge in [0.1, 0.15) is 11.3 Å². The summed E-state index contributed by atoms with van der Waals surface area (Å²) in [7, 11) is 0. The van der Waals surface area contributed by atoms with E-state index in [4.69, 9.17) is 39.8 Å². The molecule has 0 aliphatic heterocycles. The molecule has 37 heavy (non-hydrogen) atoms. The Labute approximate surface area is 227 Å². The molecule has 0 fully saturated rings. The molecule has 0 saturated heterocycles. The second-order valence-electron chi connectivity index (χ2n) is 8.37. The minimum absolute atomic E-state index is 0.268. The summed E-state index contributed by atoms with van der Waals surface area (Å²) < 4.78 is 0. The molecule has 0 unspecified atom stereocenters. The third-order valence-electron chi connectivity index (χ3n) is 5.77. The van der Waals surface area contributed by atoms with E-state index in [1.54, 1.807) is 42.5 Å². The van der Waals surface area contributed by atoms with E-state index >= 15 is 0 Å². The quantitative estimate of drug-likeness (QED) is 0.207. The molecule has 1 aromatic heterocycles. The zero-order valence-electron chi connectivity index (χ0n) is 19.4. The number of benzene rings is 4. The Bertz CT molecular complexity index is 1680. The van der Waals surface area contributed by atoms with Crippen molar-refractivity contribution in [3.63, 3.8) is 0 Å². The molecule has 2 amide bonds. The highest BCUT2D eigenvalue weighted by molar-refractivity contribution is 6.42. The molecule has 0 atom stereocenters. The zero-order chi connectivity index (χ0) is 26.1. The van der Waals surface area contributed by atoms with E-state index in [0.717, 1.165) is 16.6 Å². The van der Waals surface area contributed by atoms with Crippen LogP contribution in [0, 0.1) is 6.92 Å². The Morgan fingerprint density at radius 2 is 1.46 bits per heavy atom. The van der Waals surface area contributed by atoms with Gasteiger partial charge in [0.15, 0.2) is 0 Å². The number of halogens is 3. The average Bonchev–Trinajstić information content (AvgIpc) is 3.33. The van der Waals surface area contributed by atoms with Gasteiger partial charge in [0, 0.05) is 27.4 Å². The lowest BCUT2D eigenvalue weighted by Gasteiger charge is -2.08. The summed E-state index contributed by atoms with van der Waals surface area (Å²) in [4.78, 5) is 33.5. The molecule has 184 valence electrons. The first-order chi connectivity index (χ1) is 17.8. The molecule has 0 bridgehead atoms. The fourth-order valence-corrected chi connectivity index (χ4v) is 4.26. The van der Waals surface area contributed by atoms with Gasteiger partial charge in [-0.05, 0) is 67.1 Å². The van der Waals surface area contributed by atoms with Gasteiger partial charge in [-0.1, -0.05) is 59.1 Å². The van der Waals surface area contributed by atoms with Crippen molar-refractivity contribution in [3.05, 3.63) is 111 Å². The molecule has 3 N–H and O–H groups in total. The molecular formula is C28H19Cl3N4O2. The van der Waals surface area contributed by atoms with Crippen LogP contribution in [0.4, 0.5) is 11.4 Å². The predicted molar refractivity (Wildman–Crippen MR) is 150 cm³/mol. The maximum atomic E-state index is 12.8. The Balaban J connectivity index is 1.40. The van der Waals surface area contributed by atoms with Crippen LogP contribution < -0.4 is 10.6 Å². The first kappa shape index (κ1) is 24.8. The second-order valence-corrected chi connectivity index (χ2v) is 9.59. The molecular weight excluding hydrogens is 531 g/mol. The van der Waals surface area contributed by atoms with Crippen LogP contribution in [0.2, 0.25) is 15.1 Å². The fourth-order valence-electron chi connectivity index (χ4n) is 3.78. The number of carbonyl (C=O) groups excluding carboxylic acids is 2. The summed E-state index contributed by atoms with van der Waals surface area (Å²) in [6, 6.07) is 22.6.